The van der Waals surface area contributed by atoms with E-state index in [0.29, 0.717) is 0 Å². The average molecular weight is 614 g/mol. The van der Waals surface area contributed by atoms with E-state index in [1.54, 1.807) is 0 Å². The van der Waals surface area contributed by atoms with Crippen LogP contribution in [0.1, 0.15) is 27.8 Å². The van der Waals surface area contributed by atoms with Crippen molar-refractivity contribution in [3.8, 4) is 27.9 Å². The zero-order valence-corrected chi connectivity index (χ0v) is 25.8. The first kappa shape index (κ1) is 25.8. The van der Waals surface area contributed by atoms with Crippen molar-refractivity contribution in [3.05, 3.63) is 173 Å². The molecule has 9 aromatic rings. The molecular formula is C44H27N3O. The van der Waals surface area contributed by atoms with Crippen LogP contribution in [-0.2, 0) is 5.41 Å². The second-order valence-corrected chi connectivity index (χ2v) is 13.0. The molecule has 0 saturated heterocycles. The largest absolute Gasteiger partial charge is 0.455 e. The molecule has 2 aliphatic rings. The first-order chi connectivity index (χ1) is 23.7. The van der Waals surface area contributed by atoms with Crippen LogP contribution in [0.2, 0.25) is 0 Å². The minimum absolute atomic E-state index is 0.0658. The monoisotopic (exact) mass is 613 g/mol. The van der Waals surface area contributed by atoms with Gasteiger partial charge in [-0.2, -0.15) is 0 Å². The summed E-state index contributed by atoms with van der Waals surface area (Å²) in [6, 6.07) is 52.0. The first-order valence-electron chi connectivity index (χ1n) is 16.3. The Morgan fingerprint density at radius 2 is 1.29 bits per heavy atom. The fraction of sp³-hybridized carbons (Fsp3) is 0.0227. The predicted molar refractivity (Wildman–Crippen MR) is 195 cm³/mol. The molecule has 1 aliphatic heterocycles. The zero-order chi connectivity index (χ0) is 31.7. The van der Waals surface area contributed by atoms with Crippen LogP contribution in [0.4, 0.5) is 0 Å². The topological polar surface area (TPSA) is 67.9 Å². The summed E-state index contributed by atoms with van der Waals surface area (Å²) in [6.07, 6.45) is 0. The van der Waals surface area contributed by atoms with Crippen LogP contribution in [-0.4, -0.2) is 10.4 Å². The molecule has 0 fully saturated rings. The van der Waals surface area contributed by atoms with Gasteiger partial charge in [0.05, 0.1) is 22.1 Å². The van der Waals surface area contributed by atoms with Crippen LogP contribution >= 0.6 is 0 Å². The van der Waals surface area contributed by atoms with Gasteiger partial charge in [0.15, 0.2) is 0 Å². The number of aromatic nitrogens is 1. The Morgan fingerprint density at radius 3 is 2.21 bits per heavy atom. The van der Waals surface area contributed by atoms with E-state index in [-0.39, 0.29) is 5.84 Å². The number of nitrogen functional groups attached to an aromatic ring is 1. The normalized spacial score (nSPS) is 15.8. The third-order valence-electron chi connectivity index (χ3n) is 10.8. The summed E-state index contributed by atoms with van der Waals surface area (Å²) in [5.74, 6) is 0.0658. The molecule has 0 saturated carbocycles. The van der Waals surface area contributed by atoms with Gasteiger partial charge in [-0.3, -0.25) is 5.41 Å². The number of rotatable bonds is 2. The number of hydrogen-bond acceptors (Lipinski definition) is 2. The lowest BCUT2D eigenvalue weighted by Gasteiger charge is -2.39. The van der Waals surface area contributed by atoms with Crippen LogP contribution in [0, 0.1) is 5.41 Å². The Morgan fingerprint density at radius 1 is 0.583 bits per heavy atom. The lowest BCUT2D eigenvalue weighted by molar-refractivity contribution is 0.670. The highest BCUT2D eigenvalue weighted by Crippen LogP contribution is 2.62. The van der Waals surface area contributed by atoms with Crippen molar-refractivity contribution < 1.29 is 4.42 Å². The van der Waals surface area contributed by atoms with Gasteiger partial charge in [0.25, 0.3) is 0 Å². The number of nitrogens with zero attached hydrogens (tertiary/aromatic N) is 1. The Hall–Kier alpha value is -6.39. The quantitative estimate of drug-likeness (QED) is 0.150. The maximum atomic E-state index is 8.74. The van der Waals surface area contributed by atoms with E-state index in [0.717, 1.165) is 55.3 Å². The van der Waals surface area contributed by atoms with E-state index in [1.807, 2.05) is 18.2 Å². The summed E-state index contributed by atoms with van der Waals surface area (Å²) in [5.41, 5.74) is 20.9. The number of amidine groups is 1. The van der Waals surface area contributed by atoms with E-state index in [1.165, 1.54) is 44.2 Å². The number of para-hydroxylation sites is 5. The van der Waals surface area contributed by atoms with Gasteiger partial charge >= 0.3 is 0 Å². The third-order valence-corrected chi connectivity index (χ3v) is 10.8. The molecule has 0 radical (unpaired) electrons. The van der Waals surface area contributed by atoms with Crippen molar-refractivity contribution in [2.45, 2.75) is 5.41 Å². The highest BCUT2D eigenvalue weighted by Gasteiger charge is 2.51. The molecule has 1 atom stereocenters. The molecule has 3 N–H and O–H groups in total. The van der Waals surface area contributed by atoms with Gasteiger partial charge in [-0.15, -0.1) is 0 Å². The van der Waals surface area contributed by atoms with Crippen LogP contribution in [0.15, 0.2) is 150 Å². The van der Waals surface area contributed by atoms with Crippen molar-refractivity contribution in [1.29, 1.82) is 5.41 Å². The molecule has 4 heteroatoms. The molecule has 0 bridgehead atoms. The zero-order valence-electron chi connectivity index (χ0n) is 25.8. The van der Waals surface area contributed by atoms with Crippen molar-refractivity contribution >= 4 is 49.6 Å². The Bertz CT molecular complexity index is 2890. The molecule has 48 heavy (non-hydrogen) atoms. The molecule has 4 nitrogen and oxygen atoms in total. The van der Waals surface area contributed by atoms with Gasteiger partial charge < -0.3 is 14.7 Å². The van der Waals surface area contributed by atoms with Crippen molar-refractivity contribution in [1.82, 2.24) is 4.57 Å². The molecule has 1 spiro atoms. The van der Waals surface area contributed by atoms with Gasteiger partial charge in [-0.25, -0.2) is 0 Å². The molecule has 1 unspecified atom stereocenters. The number of nitrogens with two attached hydrogens (primary N) is 1. The van der Waals surface area contributed by atoms with E-state index >= 15 is 0 Å². The van der Waals surface area contributed by atoms with E-state index in [4.69, 9.17) is 15.6 Å². The molecule has 0 amide bonds. The van der Waals surface area contributed by atoms with Gasteiger partial charge in [-0.1, -0.05) is 121 Å². The molecule has 2 aromatic heterocycles. The second-order valence-electron chi connectivity index (χ2n) is 13.0. The average Bonchev–Trinajstić information content (AvgIpc) is 3.78. The maximum absolute atomic E-state index is 8.74. The van der Waals surface area contributed by atoms with Gasteiger partial charge in [0, 0.05) is 32.7 Å². The van der Waals surface area contributed by atoms with Crippen LogP contribution in [0.3, 0.4) is 0 Å². The highest BCUT2D eigenvalue weighted by atomic mass is 16.3. The Balaban J connectivity index is 1.29. The molecule has 3 heterocycles. The Kier molecular flexibility index (Phi) is 4.78. The third kappa shape index (κ3) is 2.94. The van der Waals surface area contributed by atoms with Crippen molar-refractivity contribution in [2.75, 3.05) is 0 Å². The van der Waals surface area contributed by atoms with Crippen LogP contribution in [0.25, 0.3) is 71.7 Å². The highest BCUT2D eigenvalue weighted by molar-refractivity contribution is 6.14. The SMILES string of the molecule is N=C(N)c1cccc2c1-c1cc(-c3cccc4c3oc3ccccc34)ccc1C21c2ccccc2-n2c3ccccc3c3cccc1c32. The van der Waals surface area contributed by atoms with E-state index < -0.39 is 5.41 Å². The van der Waals surface area contributed by atoms with E-state index in [9.17, 15) is 0 Å². The van der Waals surface area contributed by atoms with Gasteiger partial charge in [0.2, 0.25) is 0 Å². The summed E-state index contributed by atoms with van der Waals surface area (Å²) in [4.78, 5) is 0. The Labute approximate surface area is 275 Å². The summed E-state index contributed by atoms with van der Waals surface area (Å²) in [5, 5.41) is 13.4. The number of benzene rings is 7. The minimum atomic E-state index is -0.611. The fourth-order valence-electron chi connectivity index (χ4n) is 9.03. The fourth-order valence-corrected chi connectivity index (χ4v) is 9.03. The lowest BCUT2D eigenvalue weighted by atomic mass is 9.65. The van der Waals surface area contributed by atoms with Gasteiger partial charge in [0.1, 0.15) is 17.0 Å². The molecular weight excluding hydrogens is 587 g/mol. The second kappa shape index (κ2) is 8.90. The summed E-state index contributed by atoms with van der Waals surface area (Å²) in [7, 11) is 0. The maximum Gasteiger partial charge on any atom is 0.143 e. The van der Waals surface area contributed by atoms with Gasteiger partial charge in [-0.05, 0) is 63.2 Å². The molecule has 1 aliphatic carbocycles. The molecule has 7 aromatic carbocycles. The predicted octanol–water partition coefficient (Wildman–Crippen LogP) is 10.3. The van der Waals surface area contributed by atoms with Crippen molar-refractivity contribution in [2.24, 2.45) is 5.73 Å². The summed E-state index contributed by atoms with van der Waals surface area (Å²) >= 11 is 0. The molecule has 224 valence electrons. The lowest BCUT2D eigenvalue weighted by Crippen LogP contribution is -2.33. The number of fused-ring (bicyclic) bond motifs is 15. The number of hydrogen-bond donors (Lipinski definition) is 2. The van der Waals surface area contributed by atoms with E-state index in [2.05, 4.69) is 132 Å². The number of furan rings is 1. The summed E-state index contributed by atoms with van der Waals surface area (Å²) < 4.78 is 8.94. The summed E-state index contributed by atoms with van der Waals surface area (Å²) in [6.45, 7) is 0. The van der Waals surface area contributed by atoms with Crippen LogP contribution < -0.4 is 5.73 Å². The molecule has 11 rings (SSSR count). The van der Waals surface area contributed by atoms with Crippen molar-refractivity contribution in [3.63, 3.8) is 0 Å². The minimum Gasteiger partial charge on any atom is -0.455 e. The standard InChI is InChI=1S/C44H27N3O/c45-43(46)31-15-9-17-35-40(31)32-24-25(26-12-7-14-30-28-11-2-6-21-39(28)48-42(26)30)22-23-33(32)44(35)34-16-3-5-20-38(34)47-37-19-4-1-10-27(37)29-13-8-18-36(44)41(29)47/h1-24H,(H3,45,46). The smallest absolute Gasteiger partial charge is 0.143 e. The first-order valence-corrected chi connectivity index (χ1v) is 16.3. The number of nitrogens with one attached hydrogen (secondary N) is 1. The van der Waals surface area contributed by atoms with Crippen LogP contribution in [0.5, 0.6) is 0 Å².